The standard InChI is InChI=1S/C15H20N2O3/c1-3-20-13(18)11-6-4-7-12(10-11)17-14(19)15(2)8-5-9-16-15/h4,6-7,10,16H,3,5,8-9H2,1-2H3,(H,17,19). The summed E-state index contributed by atoms with van der Waals surface area (Å²) in [5.41, 5.74) is 0.518. The lowest BCUT2D eigenvalue weighted by atomic mass is 9.99. The van der Waals surface area contributed by atoms with E-state index in [1.165, 1.54) is 0 Å². The third kappa shape index (κ3) is 3.17. The van der Waals surface area contributed by atoms with Gasteiger partial charge in [-0.3, -0.25) is 4.79 Å². The molecule has 0 bridgehead atoms. The van der Waals surface area contributed by atoms with Gasteiger partial charge >= 0.3 is 5.97 Å². The summed E-state index contributed by atoms with van der Waals surface area (Å²) in [6, 6.07) is 6.79. The topological polar surface area (TPSA) is 67.4 Å². The second-order valence-electron chi connectivity index (χ2n) is 5.12. The van der Waals surface area contributed by atoms with Gasteiger partial charge in [0.15, 0.2) is 0 Å². The number of ether oxygens (including phenoxy) is 1. The number of carbonyl (C=O) groups excluding carboxylic acids is 2. The van der Waals surface area contributed by atoms with Crippen molar-refractivity contribution in [2.45, 2.75) is 32.2 Å². The summed E-state index contributed by atoms with van der Waals surface area (Å²) in [6.07, 6.45) is 1.81. The Labute approximate surface area is 118 Å². The summed E-state index contributed by atoms with van der Waals surface area (Å²) in [5.74, 6) is -0.454. The van der Waals surface area contributed by atoms with Crippen molar-refractivity contribution in [3.63, 3.8) is 0 Å². The van der Waals surface area contributed by atoms with Crippen LogP contribution in [-0.4, -0.2) is 30.6 Å². The molecular weight excluding hydrogens is 256 g/mol. The first-order valence-electron chi connectivity index (χ1n) is 6.89. The molecule has 1 aliphatic heterocycles. The number of anilines is 1. The second kappa shape index (κ2) is 6.05. The van der Waals surface area contributed by atoms with Gasteiger partial charge in [-0.25, -0.2) is 4.79 Å². The van der Waals surface area contributed by atoms with Crippen molar-refractivity contribution >= 4 is 17.6 Å². The average molecular weight is 276 g/mol. The maximum Gasteiger partial charge on any atom is 0.338 e. The normalized spacial score (nSPS) is 21.5. The predicted octanol–water partition coefficient (Wildman–Crippen LogP) is 1.94. The molecule has 1 aromatic carbocycles. The van der Waals surface area contributed by atoms with Crippen molar-refractivity contribution < 1.29 is 14.3 Å². The minimum atomic E-state index is -0.528. The summed E-state index contributed by atoms with van der Waals surface area (Å²) in [6.45, 7) is 4.84. The van der Waals surface area contributed by atoms with Crippen LogP contribution in [0.2, 0.25) is 0 Å². The van der Waals surface area contributed by atoms with E-state index in [4.69, 9.17) is 4.74 Å². The van der Waals surface area contributed by atoms with E-state index >= 15 is 0 Å². The molecule has 0 aromatic heterocycles. The monoisotopic (exact) mass is 276 g/mol. The van der Waals surface area contributed by atoms with Crippen LogP contribution in [0.1, 0.15) is 37.0 Å². The van der Waals surface area contributed by atoms with Gasteiger partial charge in [0.05, 0.1) is 17.7 Å². The van der Waals surface area contributed by atoms with Crippen LogP contribution < -0.4 is 10.6 Å². The van der Waals surface area contributed by atoms with Crippen LogP contribution in [0.25, 0.3) is 0 Å². The average Bonchev–Trinajstić information content (AvgIpc) is 2.88. The molecule has 1 aliphatic rings. The summed E-state index contributed by atoms with van der Waals surface area (Å²) >= 11 is 0. The molecule has 5 nitrogen and oxygen atoms in total. The number of rotatable bonds is 4. The molecule has 1 atom stereocenters. The maximum atomic E-state index is 12.3. The first-order chi connectivity index (χ1) is 9.55. The van der Waals surface area contributed by atoms with Crippen LogP contribution in [0.15, 0.2) is 24.3 Å². The fourth-order valence-electron chi connectivity index (χ4n) is 2.30. The van der Waals surface area contributed by atoms with Crippen LogP contribution >= 0.6 is 0 Å². The van der Waals surface area contributed by atoms with Crippen molar-refractivity contribution in [1.29, 1.82) is 0 Å². The number of amides is 1. The highest BCUT2D eigenvalue weighted by Crippen LogP contribution is 2.21. The third-order valence-corrected chi connectivity index (χ3v) is 3.50. The fourth-order valence-corrected chi connectivity index (χ4v) is 2.30. The molecule has 1 aromatic rings. The highest BCUT2D eigenvalue weighted by atomic mass is 16.5. The highest BCUT2D eigenvalue weighted by Gasteiger charge is 2.35. The van der Waals surface area contributed by atoms with Crippen molar-refractivity contribution in [2.24, 2.45) is 0 Å². The summed E-state index contributed by atoms with van der Waals surface area (Å²) < 4.78 is 4.94. The Kier molecular flexibility index (Phi) is 4.39. The Morgan fingerprint density at radius 2 is 2.25 bits per heavy atom. The smallest absolute Gasteiger partial charge is 0.338 e. The Hall–Kier alpha value is -1.88. The van der Waals surface area contributed by atoms with E-state index < -0.39 is 5.54 Å². The molecule has 1 amide bonds. The number of carbonyl (C=O) groups is 2. The van der Waals surface area contributed by atoms with E-state index in [9.17, 15) is 9.59 Å². The molecule has 0 spiro atoms. The molecular formula is C15H20N2O3. The maximum absolute atomic E-state index is 12.3. The fraction of sp³-hybridized carbons (Fsp3) is 0.467. The first kappa shape index (κ1) is 14.5. The molecule has 0 aliphatic carbocycles. The van der Waals surface area contributed by atoms with Gasteiger partial charge in [-0.05, 0) is 51.4 Å². The van der Waals surface area contributed by atoms with Gasteiger partial charge in [0.1, 0.15) is 0 Å². The van der Waals surface area contributed by atoms with Gasteiger partial charge in [0.25, 0.3) is 0 Å². The zero-order valence-corrected chi connectivity index (χ0v) is 11.9. The van der Waals surface area contributed by atoms with E-state index in [2.05, 4.69) is 10.6 Å². The molecule has 20 heavy (non-hydrogen) atoms. The quantitative estimate of drug-likeness (QED) is 0.825. The summed E-state index contributed by atoms with van der Waals surface area (Å²) in [4.78, 5) is 23.9. The van der Waals surface area contributed by atoms with Gasteiger partial charge in [-0.2, -0.15) is 0 Å². The van der Waals surface area contributed by atoms with Gasteiger partial charge in [-0.1, -0.05) is 6.07 Å². The zero-order valence-electron chi connectivity index (χ0n) is 11.9. The highest BCUT2D eigenvalue weighted by molar-refractivity contribution is 5.99. The van der Waals surface area contributed by atoms with E-state index in [0.717, 1.165) is 19.4 Å². The van der Waals surface area contributed by atoms with E-state index in [1.54, 1.807) is 31.2 Å². The predicted molar refractivity (Wildman–Crippen MR) is 76.7 cm³/mol. The summed E-state index contributed by atoms with van der Waals surface area (Å²) in [5, 5.41) is 6.06. The zero-order chi connectivity index (χ0) is 14.6. The first-order valence-corrected chi connectivity index (χ1v) is 6.89. The van der Waals surface area contributed by atoms with Gasteiger partial charge in [0, 0.05) is 5.69 Å². The van der Waals surface area contributed by atoms with Gasteiger partial charge < -0.3 is 15.4 Å². The van der Waals surface area contributed by atoms with Crippen molar-refractivity contribution in [3.8, 4) is 0 Å². The Balaban J connectivity index is 2.08. The number of benzene rings is 1. The van der Waals surface area contributed by atoms with Gasteiger partial charge in [-0.15, -0.1) is 0 Å². The lowest BCUT2D eigenvalue weighted by Crippen LogP contribution is -2.47. The largest absolute Gasteiger partial charge is 0.462 e. The Morgan fingerprint density at radius 1 is 1.45 bits per heavy atom. The van der Waals surface area contributed by atoms with Crippen molar-refractivity contribution in [3.05, 3.63) is 29.8 Å². The molecule has 1 saturated heterocycles. The number of hydrogen-bond donors (Lipinski definition) is 2. The minimum Gasteiger partial charge on any atom is -0.462 e. The van der Waals surface area contributed by atoms with Crippen LogP contribution in [0, 0.1) is 0 Å². The molecule has 108 valence electrons. The summed E-state index contributed by atoms with van der Waals surface area (Å²) in [7, 11) is 0. The molecule has 1 heterocycles. The Morgan fingerprint density at radius 3 is 2.90 bits per heavy atom. The van der Waals surface area contributed by atoms with Crippen molar-refractivity contribution in [1.82, 2.24) is 5.32 Å². The molecule has 2 rings (SSSR count). The van der Waals surface area contributed by atoms with Gasteiger partial charge in [0.2, 0.25) is 5.91 Å². The molecule has 1 fully saturated rings. The number of hydrogen-bond acceptors (Lipinski definition) is 4. The molecule has 1 unspecified atom stereocenters. The van der Waals surface area contributed by atoms with Crippen LogP contribution in [0.4, 0.5) is 5.69 Å². The molecule has 0 radical (unpaired) electrons. The third-order valence-electron chi connectivity index (χ3n) is 3.50. The lowest BCUT2D eigenvalue weighted by Gasteiger charge is -2.23. The van der Waals surface area contributed by atoms with E-state index in [-0.39, 0.29) is 11.9 Å². The molecule has 5 heteroatoms. The number of nitrogens with one attached hydrogen (secondary N) is 2. The van der Waals surface area contributed by atoms with E-state index in [0.29, 0.717) is 17.9 Å². The lowest BCUT2D eigenvalue weighted by molar-refractivity contribution is -0.121. The van der Waals surface area contributed by atoms with E-state index in [1.807, 2.05) is 6.92 Å². The second-order valence-corrected chi connectivity index (χ2v) is 5.12. The molecule has 0 saturated carbocycles. The van der Waals surface area contributed by atoms with Crippen LogP contribution in [0.5, 0.6) is 0 Å². The van der Waals surface area contributed by atoms with Crippen LogP contribution in [-0.2, 0) is 9.53 Å². The SMILES string of the molecule is CCOC(=O)c1cccc(NC(=O)C2(C)CCCN2)c1. The van der Waals surface area contributed by atoms with Crippen LogP contribution in [0.3, 0.4) is 0 Å². The minimum absolute atomic E-state index is 0.0731. The Bertz CT molecular complexity index is 508. The van der Waals surface area contributed by atoms with Crippen molar-refractivity contribution in [2.75, 3.05) is 18.5 Å². The molecule has 2 N–H and O–H groups in total. The number of esters is 1.